The number of nitrogens with zero attached hydrogens (tertiary/aromatic N) is 2. The molecular weight excluding hydrogens is 374 g/mol. The molecule has 29 heavy (non-hydrogen) atoms. The number of methoxy groups -OCH3 is 1. The fourth-order valence-corrected chi connectivity index (χ4v) is 2.93. The molecule has 0 saturated heterocycles. The summed E-state index contributed by atoms with van der Waals surface area (Å²) in [5, 5.41) is 2.73. The number of anilines is 2. The molecule has 0 aliphatic carbocycles. The van der Waals surface area contributed by atoms with Gasteiger partial charge < -0.3 is 19.7 Å². The van der Waals surface area contributed by atoms with Crippen LogP contribution in [0.15, 0.2) is 48.5 Å². The summed E-state index contributed by atoms with van der Waals surface area (Å²) < 4.78 is 10.7. The predicted molar refractivity (Wildman–Crippen MR) is 108 cm³/mol. The molecule has 1 aliphatic rings. The maximum absolute atomic E-state index is 12.6. The zero-order valence-corrected chi connectivity index (χ0v) is 16.4. The highest BCUT2D eigenvalue weighted by atomic mass is 16.5. The van der Waals surface area contributed by atoms with Gasteiger partial charge in [0.25, 0.3) is 0 Å². The molecule has 8 nitrogen and oxygen atoms in total. The Kier molecular flexibility index (Phi) is 6.33. The Morgan fingerprint density at radius 2 is 1.90 bits per heavy atom. The van der Waals surface area contributed by atoms with E-state index in [4.69, 9.17) is 9.47 Å². The number of likely N-dealkylation sites (N-methyl/N-ethyl adjacent to an activating group) is 1. The zero-order chi connectivity index (χ0) is 20.8. The van der Waals surface area contributed by atoms with Crippen LogP contribution in [0.2, 0.25) is 0 Å². The summed E-state index contributed by atoms with van der Waals surface area (Å²) in [4.78, 5) is 40.0. The third-order valence-electron chi connectivity index (χ3n) is 4.50. The number of hydrogen-bond acceptors (Lipinski definition) is 5. The Balaban J connectivity index is 1.61. The summed E-state index contributed by atoms with van der Waals surface area (Å²) in [5.74, 6) is 0.365. The molecule has 1 N–H and O–H groups in total. The Labute approximate surface area is 169 Å². The lowest BCUT2D eigenvalue weighted by Gasteiger charge is -2.24. The fourth-order valence-electron chi connectivity index (χ4n) is 2.93. The minimum atomic E-state index is -0.347. The molecule has 0 fully saturated rings. The summed E-state index contributed by atoms with van der Waals surface area (Å²) in [6.07, 6.45) is 0.184. The second-order valence-electron chi connectivity index (χ2n) is 6.57. The van der Waals surface area contributed by atoms with Gasteiger partial charge in [0.1, 0.15) is 18.0 Å². The van der Waals surface area contributed by atoms with Crippen LogP contribution >= 0.6 is 0 Å². The van der Waals surface area contributed by atoms with Gasteiger partial charge in [0.05, 0.1) is 32.4 Å². The molecule has 152 valence electrons. The van der Waals surface area contributed by atoms with Gasteiger partial charge in [-0.2, -0.15) is 0 Å². The topological polar surface area (TPSA) is 88.2 Å². The van der Waals surface area contributed by atoms with Crippen molar-refractivity contribution in [3.63, 3.8) is 0 Å². The van der Waals surface area contributed by atoms with Crippen molar-refractivity contribution < 1.29 is 23.9 Å². The first-order valence-electron chi connectivity index (χ1n) is 9.18. The van der Waals surface area contributed by atoms with E-state index in [1.54, 1.807) is 49.6 Å². The number of carbonyl (C=O) groups excluding carboxylic acids is 3. The van der Waals surface area contributed by atoms with E-state index in [2.05, 4.69) is 5.32 Å². The van der Waals surface area contributed by atoms with Crippen LogP contribution in [0.3, 0.4) is 0 Å². The van der Waals surface area contributed by atoms with Crippen LogP contribution in [0.4, 0.5) is 11.4 Å². The normalized spacial score (nSPS) is 13.0. The third kappa shape index (κ3) is 5.04. The molecule has 0 bridgehead atoms. The van der Waals surface area contributed by atoms with Crippen LogP contribution in [-0.4, -0.2) is 56.5 Å². The molecule has 0 atom stereocenters. The molecule has 0 radical (unpaired) electrons. The Morgan fingerprint density at radius 1 is 1.17 bits per heavy atom. The largest absolute Gasteiger partial charge is 0.497 e. The molecule has 3 rings (SSSR count). The maximum atomic E-state index is 12.6. The molecule has 8 heteroatoms. The number of carbonyl (C=O) groups is 3. The van der Waals surface area contributed by atoms with Crippen molar-refractivity contribution in [1.82, 2.24) is 4.90 Å². The molecule has 0 spiro atoms. The predicted octanol–water partition coefficient (Wildman–Crippen LogP) is 1.91. The van der Waals surface area contributed by atoms with Crippen LogP contribution in [0.5, 0.6) is 11.5 Å². The van der Waals surface area contributed by atoms with E-state index in [0.29, 0.717) is 22.9 Å². The molecule has 1 aliphatic heterocycles. The van der Waals surface area contributed by atoms with E-state index in [0.717, 1.165) is 0 Å². The van der Waals surface area contributed by atoms with Crippen molar-refractivity contribution in [1.29, 1.82) is 0 Å². The summed E-state index contributed by atoms with van der Waals surface area (Å²) >= 11 is 0. The molecule has 3 amide bonds. The molecular formula is C21H23N3O5. The zero-order valence-electron chi connectivity index (χ0n) is 16.4. The van der Waals surface area contributed by atoms with Crippen LogP contribution < -0.4 is 19.7 Å². The lowest BCUT2D eigenvalue weighted by atomic mass is 10.2. The second kappa shape index (κ2) is 9.09. The first-order chi connectivity index (χ1) is 14.0. The van der Waals surface area contributed by atoms with E-state index in [1.807, 2.05) is 6.07 Å². The van der Waals surface area contributed by atoms with Gasteiger partial charge in [0, 0.05) is 12.7 Å². The van der Waals surface area contributed by atoms with Gasteiger partial charge in [0.15, 0.2) is 0 Å². The van der Waals surface area contributed by atoms with Crippen molar-refractivity contribution in [2.45, 2.75) is 6.42 Å². The van der Waals surface area contributed by atoms with Gasteiger partial charge in [-0.05, 0) is 36.4 Å². The standard InChI is InChI=1S/C21H23N3O5/c1-23(13-19(25)22-15-7-9-16(28-2)10-8-15)21(27)14-24-17-5-3-4-6-18(17)29-12-11-20(24)26/h3-10H,11-14H2,1-2H3,(H,22,25). The van der Waals surface area contributed by atoms with E-state index >= 15 is 0 Å². The van der Waals surface area contributed by atoms with Gasteiger partial charge in [-0.25, -0.2) is 0 Å². The van der Waals surface area contributed by atoms with Crippen molar-refractivity contribution in [3.05, 3.63) is 48.5 Å². The maximum Gasteiger partial charge on any atom is 0.243 e. The highest BCUT2D eigenvalue weighted by Crippen LogP contribution is 2.30. The van der Waals surface area contributed by atoms with Crippen LogP contribution in [0, 0.1) is 0 Å². The monoisotopic (exact) mass is 397 g/mol. The number of amides is 3. The second-order valence-corrected chi connectivity index (χ2v) is 6.57. The minimum Gasteiger partial charge on any atom is -0.497 e. The van der Waals surface area contributed by atoms with Crippen molar-refractivity contribution in [2.75, 3.05) is 44.1 Å². The van der Waals surface area contributed by atoms with Crippen LogP contribution in [0.1, 0.15) is 6.42 Å². The van der Waals surface area contributed by atoms with Gasteiger partial charge in [-0.15, -0.1) is 0 Å². The molecule has 0 aromatic heterocycles. The summed E-state index contributed by atoms with van der Waals surface area (Å²) in [6, 6.07) is 14.0. The van der Waals surface area contributed by atoms with E-state index < -0.39 is 0 Å². The van der Waals surface area contributed by atoms with E-state index in [9.17, 15) is 14.4 Å². The summed E-state index contributed by atoms with van der Waals surface area (Å²) in [5.41, 5.74) is 1.16. The first-order valence-corrected chi connectivity index (χ1v) is 9.18. The first kappa shape index (κ1) is 20.2. The fraction of sp³-hybridized carbons (Fsp3) is 0.286. The third-order valence-corrected chi connectivity index (χ3v) is 4.50. The average molecular weight is 397 g/mol. The van der Waals surface area contributed by atoms with Crippen LogP contribution in [0.25, 0.3) is 0 Å². The molecule has 2 aromatic rings. The molecule has 1 heterocycles. The SMILES string of the molecule is COc1ccc(NC(=O)CN(C)C(=O)CN2C(=O)CCOc3ccccc32)cc1. The van der Waals surface area contributed by atoms with E-state index in [-0.39, 0.29) is 43.8 Å². The molecule has 2 aromatic carbocycles. The summed E-state index contributed by atoms with van der Waals surface area (Å²) in [6.45, 7) is -0.0305. The number of nitrogens with one attached hydrogen (secondary N) is 1. The number of rotatable bonds is 6. The van der Waals surface area contributed by atoms with Gasteiger partial charge in [-0.3, -0.25) is 19.3 Å². The van der Waals surface area contributed by atoms with Gasteiger partial charge in [-0.1, -0.05) is 12.1 Å². The lowest BCUT2D eigenvalue weighted by molar-refractivity contribution is -0.133. The molecule has 0 saturated carbocycles. The van der Waals surface area contributed by atoms with E-state index in [1.165, 1.54) is 16.8 Å². The van der Waals surface area contributed by atoms with Gasteiger partial charge in [0.2, 0.25) is 17.7 Å². The average Bonchev–Trinajstić information content (AvgIpc) is 2.87. The Morgan fingerprint density at radius 3 is 2.62 bits per heavy atom. The number of benzene rings is 2. The number of hydrogen-bond donors (Lipinski definition) is 1. The number of ether oxygens (including phenoxy) is 2. The highest BCUT2D eigenvalue weighted by Gasteiger charge is 2.26. The van der Waals surface area contributed by atoms with Crippen molar-refractivity contribution >= 4 is 29.1 Å². The van der Waals surface area contributed by atoms with Gasteiger partial charge >= 0.3 is 0 Å². The van der Waals surface area contributed by atoms with Crippen molar-refractivity contribution in [3.8, 4) is 11.5 Å². The van der Waals surface area contributed by atoms with Crippen molar-refractivity contribution in [2.24, 2.45) is 0 Å². The quantitative estimate of drug-likeness (QED) is 0.805. The van der Waals surface area contributed by atoms with Crippen LogP contribution in [-0.2, 0) is 14.4 Å². The minimum absolute atomic E-state index is 0.134. The lowest BCUT2D eigenvalue weighted by Crippen LogP contribution is -2.43. The Hall–Kier alpha value is -3.55. The Bertz CT molecular complexity index is 897. The summed E-state index contributed by atoms with van der Waals surface area (Å²) in [7, 11) is 3.09. The highest BCUT2D eigenvalue weighted by molar-refractivity contribution is 6.01. The number of para-hydroxylation sites is 2. The molecule has 0 unspecified atom stereocenters. The number of fused-ring (bicyclic) bond motifs is 1. The smallest absolute Gasteiger partial charge is 0.243 e.